The van der Waals surface area contributed by atoms with Crippen LogP contribution in [0.15, 0.2) is 34.9 Å². The average Bonchev–Trinajstić information content (AvgIpc) is 2.28. The van der Waals surface area contributed by atoms with E-state index in [0.717, 1.165) is 16.5 Å². The number of anilines is 1. The lowest BCUT2D eigenvalue weighted by Gasteiger charge is -2.41. The molecule has 0 amide bonds. The maximum atomic E-state index is 11.9. The number of carbonyl (C=O) groups excluding carboxylic acids is 1. The van der Waals surface area contributed by atoms with Crippen molar-refractivity contribution >= 4 is 23.4 Å². The molecule has 0 spiro atoms. The first-order valence-electron chi connectivity index (χ1n) is 5.69. The van der Waals surface area contributed by atoms with Gasteiger partial charge in [0, 0.05) is 12.1 Å². The van der Waals surface area contributed by atoms with E-state index < -0.39 is 0 Å². The molecule has 2 aliphatic rings. The fraction of sp³-hybridized carbons (Fsp3) is 0.308. The predicted octanol–water partition coefficient (Wildman–Crippen LogP) is 2.53. The van der Waals surface area contributed by atoms with Crippen LogP contribution in [-0.2, 0) is 16.0 Å². The quantitative estimate of drug-likeness (QED) is 0.751. The zero-order valence-corrected chi connectivity index (χ0v) is 10.4. The molecule has 0 bridgehead atoms. The summed E-state index contributed by atoms with van der Waals surface area (Å²) >= 11 is 1.72. The van der Waals surface area contributed by atoms with Gasteiger partial charge < -0.3 is 9.64 Å². The van der Waals surface area contributed by atoms with Crippen LogP contribution in [0.5, 0.6) is 0 Å². The van der Waals surface area contributed by atoms with Crippen LogP contribution in [0.25, 0.3) is 0 Å². The van der Waals surface area contributed by atoms with Crippen molar-refractivity contribution in [2.45, 2.75) is 13.3 Å². The van der Waals surface area contributed by atoms with Gasteiger partial charge in [-0.2, -0.15) is 0 Å². The summed E-state index contributed by atoms with van der Waals surface area (Å²) < 4.78 is 5.11. The lowest BCUT2D eigenvalue weighted by molar-refractivity contribution is -0.138. The first-order chi connectivity index (χ1) is 8.31. The highest BCUT2D eigenvalue weighted by atomic mass is 32.2. The van der Waals surface area contributed by atoms with Crippen LogP contribution in [0, 0.1) is 0 Å². The van der Waals surface area contributed by atoms with E-state index in [1.165, 1.54) is 11.3 Å². The summed E-state index contributed by atoms with van der Waals surface area (Å²) in [5.74, 6) is 0.754. The van der Waals surface area contributed by atoms with Gasteiger partial charge in [0.1, 0.15) is 0 Å². The van der Waals surface area contributed by atoms with Gasteiger partial charge in [-0.05, 0) is 18.6 Å². The highest BCUT2D eigenvalue weighted by molar-refractivity contribution is 8.05. The van der Waals surface area contributed by atoms with Crippen LogP contribution in [-0.4, -0.2) is 18.5 Å². The molecule has 2 heterocycles. The minimum absolute atomic E-state index is 0.172. The van der Waals surface area contributed by atoms with E-state index in [1.54, 1.807) is 11.8 Å². The average molecular weight is 247 g/mol. The molecule has 0 aliphatic carbocycles. The largest absolute Gasteiger partial charge is 0.463 e. The van der Waals surface area contributed by atoms with E-state index in [2.05, 4.69) is 17.0 Å². The topological polar surface area (TPSA) is 29.5 Å². The zero-order chi connectivity index (χ0) is 11.8. The Balaban J connectivity index is 1.98. The zero-order valence-electron chi connectivity index (χ0n) is 9.60. The number of hydrogen-bond donors (Lipinski definition) is 0. The molecule has 1 aromatic carbocycles. The molecule has 0 aromatic heterocycles. The maximum Gasteiger partial charge on any atom is 0.337 e. The van der Waals surface area contributed by atoms with Crippen molar-refractivity contribution in [3.8, 4) is 0 Å². The summed E-state index contributed by atoms with van der Waals surface area (Å²) in [6, 6.07) is 8.24. The van der Waals surface area contributed by atoms with Gasteiger partial charge in [0.15, 0.2) is 0 Å². The molecule has 17 heavy (non-hydrogen) atoms. The van der Waals surface area contributed by atoms with Crippen molar-refractivity contribution < 1.29 is 9.53 Å². The van der Waals surface area contributed by atoms with Gasteiger partial charge in [0.05, 0.1) is 23.1 Å². The van der Waals surface area contributed by atoms with Gasteiger partial charge in [-0.3, -0.25) is 0 Å². The summed E-state index contributed by atoms with van der Waals surface area (Å²) in [5, 5.41) is 1.07. The van der Waals surface area contributed by atoms with Gasteiger partial charge in [-0.25, -0.2) is 4.79 Å². The summed E-state index contributed by atoms with van der Waals surface area (Å²) in [4.78, 5) is 14.1. The Bertz CT molecular complexity index is 510. The first kappa shape index (κ1) is 10.7. The Labute approximate surface area is 104 Å². The molecule has 0 saturated carbocycles. The summed E-state index contributed by atoms with van der Waals surface area (Å²) in [6.45, 7) is 2.27. The molecule has 0 atom stereocenters. The molecular formula is C13H13NO2S. The fourth-order valence-electron chi connectivity index (χ4n) is 2.19. The number of hydrogen-bond acceptors (Lipinski definition) is 4. The van der Waals surface area contributed by atoms with E-state index in [0.29, 0.717) is 13.0 Å². The van der Waals surface area contributed by atoms with Crippen LogP contribution < -0.4 is 4.90 Å². The minimum atomic E-state index is -0.172. The molecule has 1 saturated heterocycles. The number of fused-ring (bicyclic) bond motifs is 3. The third-order valence-electron chi connectivity index (χ3n) is 3.01. The van der Waals surface area contributed by atoms with Crippen molar-refractivity contribution in [3.05, 3.63) is 40.4 Å². The number of rotatable bonds is 2. The van der Waals surface area contributed by atoms with Crippen LogP contribution in [0.3, 0.4) is 0 Å². The Morgan fingerprint density at radius 1 is 1.47 bits per heavy atom. The van der Waals surface area contributed by atoms with Crippen LogP contribution in [0.2, 0.25) is 0 Å². The van der Waals surface area contributed by atoms with Gasteiger partial charge >= 0.3 is 5.97 Å². The smallest absolute Gasteiger partial charge is 0.337 e. The molecule has 3 rings (SSSR count). The van der Waals surface area contributed by atoms with Crippen LogP contribution >= 0.6 is 11.8 Å². The van der Waals surface area contributed by atoms with Gasteiger partial charge in [0.25, 0.3) is 0 Å². The third kappa shape index (κ3) is 1.63. The molecule has 3 nitrogen and oxygen atoms in total. The Kier molecular flexibility index (Phi) is 2.59. The monoisotopic (exact) mass is 247 g/mol. The Morgan fingerprint density at radius 3 is 3.00 bits per heavy atom. The van der Waals surface area contributed by atoms with Crippen molar-refractivity contribution in [1.82, 2.24) is 0 Å². The molecule has 0 unspecified atom stereocenters. The number of carbonyl (C=O) groups is 1. The van der Waals surface area contributed by atoms with Gasteiger partial charge in [-0.1, -0.05) is 30.0 Å². The van der Waals surface area contributed by atoms with Gasteiger partial charge in [-0.15, -0.1) is 0 Å². The lowest BCUT2D eigenvalue weighted by Crippen LogP contribution is -2.36. The molecule has 2 aliphatic heterocycles. The van der Waals surface area contributed by atoms with Crippen molar-refractivity contribution in [3.63, 3.8) is 0 Å². The highest BCUT2D eigenvalue weighted by Crippen LogP contribution is 2.46. The third-order valence-corrected chi connectivity index (χ3v) is 4.13. The lowest BCUT2D eigenvalue weighted by atomic mass is 10.00. The summed E-state index contributed by atoms with van der Waals surface area (Å²) in [5.41, 5.74) is 3.25. The molecule has 0 N–H and O–H groups in total. The minimum Gasteiger partial charge on any atom is -0.463 e. The molecule has 0 radical (unpaired) electrons. The number of para-hydroxylation sites is 1. The van der Waals surface area contributed by atoms with E-state index in [9.17, 15) is 4.79 Å². The predicted molar refractivity (Wildman–Crippen MR) is 68.7 cm³/mol. The maximum absolute atomic E-state index is 11.9. The van der Waals surface area contributed by atoms with Crippen LogP contribution in [0.4, 0.5) is 5.69 Å². The van der Waals surface area contributed by atoms with Crippen molar-refractivity contribution in [1.29, 1.82) is 0 Å². The molecule has 1 fully saturated rings. The van der Waals surface area contributed by atoms with Crippen molar-refractivity contribution in [2.24, 2.45) is 0 Å². The number of nitrogens with zero attached hydrogens (tertiary/aromatic N) is 1. The Hall–Kier alpha value is -1.42. The summed E-state index contributed by atoms with van der Waals surface area (Å²) in [7, 11) is 0. The van der Waals surface area contributed by atoms with Crippen LogP contribution in [0.1, 0.15) is 12.5 Å². The SMILES string of the molecule is CCOC(=O)C1=C2SCN2c2ccccc2C1. The number of ether oxygens (including phenoxy) is 1. The van der Waals surface area contributed by atoms with Crippen molar-refractivity contribution in [2.75, 3.05) is 17.4 Å². The fourth-order valence-corrected chi connectivity index (χ4v) is 3.14. The second-order valence-corrected chi connectivity index (χ2v) is 4.94. The van der Waals surface area contributed by atoms with E-state index in [4.69, 9.17) is 4.74 Å². The highest BCUT2D eigenvalue weighted by Gasteiger charge is 2.35. The first-order valence-corrected chi connectivity index (χ1v) is 6.68. The normalized spacial score (nSPS) is 17.1. The van der Waals surface area contributed by atoms with E-state index in [1.807, 2.05) is 19.1 Å². The number of esters is 1. The number of benzene rings is 1. The Morgan fingerprint density at radius 2 is 2.29 bits per heavy atom. The molecule has 1 aromatic rings. The summed E-state index contributed by atoms with van der Waals surface area (Å²) in [6.07, 6.45) is 0.688. The van der Waals surface area contributed by atoms with Gasteiger partial charge in [0.2, 0.25) is 0 Å². The second-order valence-electron chi connectivity index (χ2n) is 4.01. The standard InChI is InChI=1S/C13H13NO2S/c1-2-16-13(15)10-7-9-5-3-4-6-11(9)14-8-17-12(10)14/h3-6H,2,7-8H2,1H3. The molecular weight excluding hydrogens is 234 g/mol. The molecule has 4 heteroatoms. The molecule has 88 valence electrons. The number of thioether (sulfide) groups is 1. The van der Waals surface area contributed by atoms with E-state index in [-0.39, 0.29) is 5.97 Å². The second kappa shape index (κ2) is 4.11. The van der Waals surface area contributed by atoms with E-state index >= 15 is 0 Å².